The first-order valence-electron chi connectivity index (χ1n) is 9.54. The lowest BCUT2D eigenvalue weighted by atomic mass is 10.1. The highest BCUT2D eigenvalue weighted by atomic mass is 31.2. The number of ether oxygens (including phenoxy) is 1. The molecular weight excluding hydrogens is 407 g/mol. The van der Waals surface area contributed by atoms with E-state index in [2.05, 4.69) is 47.0 Å². The van der Waals surface area contributed by atoms with Crippen molar-refractivity contribution in [3.8, 4) is 5.75 Å². The van der Waals surface area contributed by atoms with E-state index in [1.807, 2.05) is 18.2 Å². The van der Waals surface area contributed by atoms with Gasteiger partial charge in [-0.1, -0.05) is 45.1 Å². The van der Waals surface area contributed by atoms with Crippen LogP contribution in [0.2, 0.25) is 18.1 Å². The fraction of sp³-hybridized carbons (Fsp3) is 0.524. The SMILES string of the molecule is C=CCOP(=O)(OCC=C)OCc1c(CO[Si](C)(C)C(C)(C)C)cccc1OC. The molecule has 0 amide bonds. The molecule has 0 saturated heterocycles. The molecule has 6 nitrogen and oxygen atoms in total. The first-order chi connectivity index (χ1) is 13.5. The molecule has 0 bridgehead atoms. The zero-order valence-electron chi connectivity index (χ0n) is 18.5. The van der Waals surface area contributed by atoms with Crippen LogP contribution in [0.4, 0.5) is 0 Å². The van der Waals surface area contributed by atoms with Crippen LogP contribution in [0.3, 0.4) is 0 Å². The van der Waals surface area contributed by atoms with E-state index in [0.29, 0.717) is 12.4 Å². The molecule has 0 saturated carbocycles. The largest absolute Gasteiger partial charge is 0.496 e. The number of hydrogen-bond donors (Lipinski definition) is 0. The summed E-state index contributed by atoms with van der Waals surface area (Å²) in [7, 11) is -4.13. The van der Waals surface area contributed by atoms with E-state index in [-0.39, 0.29) is 24.9 Å². The molecule has 0 heterocycles. The normalized spacial score (nSPS) is 12.6. The number of rotatable bonds is 13. The smallest absolute Gasteiger partial charge is 0.475 e. The quantitative estimate of drug-likeness (QED) is 0.204. The Hall–Kier alpha value is -1.21. The van der Waals surface area contributed by atoms with Crippen molar-refractivity contribution in [2.24, 2.45) is 0 Å². The molecule has 0 N–H and O–H groups in total. The van der Waals surface area contributed by atoms with Gasteiger partial charge in [0.2, 0.25) is 0 Å². The molecule has 1 aromatic carbocycles. The molecule has 0 aliphatic heterocycles. The maximum Gasteiger partial charge on any atom is 0.475 e. The third-order valence-corrected chi connectivity index (χ3v) is 10.8. The van der Waals surface area contributed by atoms with Crippen molar-refractivity contribution in [1.29, 1.82) is 0 Å². The monoisotopic (exact) mass is 442 g/mol. The van der Waals surface area contributed by atoms with Crippen LogP contribution in [0.1, 0.15) is 31.9 Å². The number of methoxy groups -OCH3 is 1. The van der Waals surface area contributed by atoms with Crippen molar-refractivity contribution in [2.75, 3.05) is 20.3 Å². The van der Waals surface area contributed by atoms with Crippen molar-refractivity contribution >= 4 is 16.1 Å². The summed E-state index contributed by atoms with van der Waals surface area (Å²) in [5.41, 5.74) is 1.66. The molecule has 0 fully saturated rings. The summed E-state index contributed by atoms with van der Waals surface area (Å²) in [4.78, 5) is 0. The van der Waals surface area contributed by atoms with E-state index in [0.717, 1.165) is 11.1 Å². The van der Waals surface area contributed by atoms with Crippen LogP contribution in [-0.2, 0) is 35.8 Å². The van der Waals surface area contributed by atoms with Gasteiger partial charge in [-0.15, -0.1) is 13.2 Å². The van der Waals surface area contributed by atoms with Gasteiger partial charge in [-0.3, -0.25) is 13.6 Å². The standard InChI is InChI=1S/C21H35O6PSi/c1-9-14-24-28(22,25-15-10-2)26-17-19-18(12-11-13-20(19)23-6)16-27-29(7,8)21(3,4)5/h9-13H,1-2,14-17H2,3-8H3. The molecule has 0 spiro atoms. The van der Waals surface area contributed by atoms with E-state index in [1.165, 1.54) is 12.2 Å². The average molecular weight is 443 g/mol. The molecule has 164 valence electrons. The Kier molecular flexibility index (Phi) is 10.0. The second kappa shape index (κ2) is 11.3. The molecule has 0 aromatic heterocycles. The van der Waals surface area contributed by atoms with Crippen LogP contribution in [0.15, 0.2) is 43.5 Å². The fourth-order valence-electron chi connectivity index (χ4n) is 2.12. The van der Waals surface area contributed by atoms with E-state index >= 15 is 0 Å². The van der Waals surface area contributed by atoms with Gasteiger partial charge in [-0.05, 0) is 29.8 Å². The summed E-state index contributed by atoms with van der Waals surface area (Å²) in [5.74, 6) is 0.625. The Labute approximate surface area is 176 Å². The van der Waals surface area contributed by atoms with Gasteiger partial charge >= 0.3 is 7.82 Å². The number of benzene rings is 1. The summed E-state index contributed by atoms with van der Waals surface area (Å²) in [5, 5.41) is 0.0925. The highest BCUT2D eigenvalue weighted by Crippen LogP contribution is 2.50. The molecule has 0 aliphatic rings. The Bertz CT molecular complexity index is 710. The van der Waals surface area contributed by atoms with Crippen molar-refractivity contribution in [1.82, 2.24) is 0 Å². The predicted molar refractivity (Wildman–Crippen MR) is 120 cm³/mol. The van der Waals surface area contributed by atoms with Gasteiger partial charge < -0.3 is 9.16 Å². The molecular formula is C21H35O6PSi. The fourth-order valence-corrected chi connectivity index (χ4v) is 4.16. The summed E-state index contributed by atoms with van der Waals surface area (Å²) < 4.78 is 40.8. The van der Waals surface area contributed by atoms with E-state index in [1.54, 1.807) is 7.11 Å². The summed E-state index contributed by atoms with van der Waals surface area (Å²) in [6.07, 6.45) is 2.96. The second-order valence-electron chi connectivity index (χ2n) is 8.04. The van der Waals surface area contributed by atoms with Crippen molar-refractivity contribution in [3.05, 3.63) is 54.6 Å². The first-order valence-corrected chi connectivity index (χ1v) is 13.9. The minimum atomic E-state index is -3.78. The lowest BCUT2D eigenvalue weighted by Crippen LogP contribution is -2.40. The molecule has 0 unspecified atom stereocenters. The van der Waals surface area contributed by atoms with Crippen molar-refractivity contribution in [3.63, 3.8) is 0 Å². The van der Waals surface area contributed by atoms with Crippen molar-refractivity contribution in [2.45, 2.75) is 52.1 Å². The van der Waals surface area contributed by atoms with Crippen molar-refractivity contribution < 1.29 is 27.3 Å². The third kappa shape index (κ3) is 7.85. The Morgan fingerprint density at radius 2 is 1.62 bits per heavy atom. The third-order valence-electron chi connectivity index (χ3n) is 4.91. The molecule has 0 radical (unpaired) electrons. The molecule has 8 heteroatoms. The van der Waals surface area contributed by atoms with Gasteiger partial charge in [-0.25, -0.2) is 4.57 Å². The zero-order chi connectivity index (χ0) is 22.1. The Morgan fingerprint density at radius 1 is 1.03 bits per heavy atom. The molecule has 29 heavy (non-hydrogen) atoms. The maximum absolute atomic E-state index is 12.8. The number of phosphoric acid groups is 1. The summed E-state index contributed by atoms with van der Waals surface area (Å²) in [6.45, 7) is 18.6. The molecule has 1 rings (SSSR count). The summed E-state index contributed by atoms with van der Waals surface area (Å²) in [6, 6.07) is 5.68. The maximum atomic E-state index is 12.8. The van der Waals surface area contributed by atoms with Gasteiger partial charge in [0.05, 0.1) is 33.5 Å². The van der Waals surface area contributed by atoms with Crippen LogP contribution in [0.5, 0.6) is 5.75 Å². The van der Waals surface area contributed by atoms with Gasteiger partial charge in [-0.2, -0.15) is 0 Å². The second-order valence-corrected chi connectivity index (χ2v) is 14.5. The van der Waals surface area contributed by atoms with E-state index in [9.17, 15) is 4.57 Å². The average Bonchev–Trinajstić information content (AvgIpc) is 2.67. The predicted octanol–water partition coefficient (Wildman–Crippen LogP) is 6.25. The van der Waals surface area contributed by atoms with Crippen LogP contribution in [-0.4, -0.2) is 28.6 Å². The molecule has 1 aromatic rings. The zero-order valence-corrected chi connectivity index (χ0v) is 20.4. The summed E-state index contributed by atoms with van der Waals surface area (Å²) >= 11 is 0. The highest BCUT2D eigenvalue weighted by molar-refractivity contribution is 7.48. The lowest BCUT2D eigenvalue weighted by molar-refractivity contribution is 0.123. The van der Waals surface area contributed by atoms with Crippen LogP contribution in [0, 0.1) is 0 Å². The Balaban J connectivity index is 3.05. The highest BCUT2D eigenvalue weighted by Gasteiger charge is 2.37. The van der Waals surface area contributed by atoms with Gasteiger partial charge in [0.1, 0.15) is 5.75 Å². The van der Waals surface area contributed by atoms with Gasteiger partial charge in [0, 0.05) is 5.56 Å². The topological polar surface area (TPSA) is 63.2 Å². The van der Waals surface area contributed by atoms with Crippen LogP contribution in [0.25, 0.3) is 0 Å². The van der Waals surface area contributed by atoms with Crippen LogP contribution < -0.4 is 4.74 Å². The molecule has 0 aliphatic carbocycles. The number of phosphoric ester groups is 1. The first kappa shape index (κ1) is 25.8. The Morgan fingerprint density at radius 3 is 2.10 bits per heavy atom. The number of hydrogen-bond acceptors (Lipinski definition) is 6. The van der Waals surface area contributed by atoms with Gasteiger partial charge in [0.15, 0.2) is 8.32 Å². The van der Waals surface area contributed by atoms with Crippen LogP contribution >= 0.6 is 7.82 Å². The molecule has 0 atom stereocenters. The van der Waals surface area contributed by atoms with Gasteiger partial charge in [0.25, 0.3) is 0 Å². The minimum absolute atomic E-state index is 0.00816. The van der Waals surface area contributed by atoms with E-state index in [4.69, 9.17) is 22.7 Å². The van der Waals surface area contributed by atoms with E-state index < -0.39 is 16.1 Å². The lowest BCUT2D eigenvalue weighted by Gasteiger charge is -2.36. The minimum Gasteiger partial charge on any atom is -0.496 e.